The maximum atomic E-state index is 14.3. The molecule has 12 atom stereocenters. The van der Waals surface area contributed by atoms with Crippen LogP contribution < -0.4 is 0 Å². The van der Waals surface area contributed by atoms with Crippen LogP contribution in [-0.2, 0) is 0 Å². The number of nitrogens with zero attached hydrogens (tertiary/aromatic N) is 1. The van der Waals surface area contributed by atoms with Crippen LogP contribution in [0.5, 0.6) is 0 Å². The molecular formula is C87H140F5N. The Kier molecular flexibility index (Phi) is 36.6. The summed E-state index contributed by atoms with van der Waals surface area (Å²) in [7, 11) is 0. The summed E-state index contributed by atoms with van der Waals surface area (Å²) in [6, 6.07) is 0. The molecule has 0 amide bonds. The van der Waals surface area contributed by atoms with E-state index >= 15 is 0 Å². The average Bonchev–Trinajstić information content (AvgIpc) is 1.64. The fourth-order valence-electron chi connectivity index (χ4n) is 14.4. The highest BCUT2D eigenvalue weighted by molar-refractivity contribution is 5.19. The van der Waals surface area contributed by atoms with Gasteiger partial charge in [0.2, 0.25) is 0 Å². The van der Waals surface area contributed by atoms with Gasteiger partial charge in [-0.15, -0.1) is 41.4 Å². The zero-order chi connectivity index (χ0) is 70.5. The Labute approximate surface area is 574 Å². The molecule has 8 aliphatic carbocycles. The molecule has 9 rings (SSSR count). The first-order chi connectivity index (χ1) is 43.1. The van der Waals surface area contributed by atoms with E-state index in [1.165, 1.54) is 57.9 Å². The molecule has 0 aromatic rings. The van der Waals surface area contributed by atoms with Gasteiger partial charge < -0.3 is 0 Å². The SMILES string of the molecule is CC.CC(C)(C)C1(F)C#CCCCCC1.CC(C)(C)C1CCC#CC(F)(F)CC1.CC(C)(C)C1CCC#CCCC1.CC(C)(C)C1CCCCC#CC1(F)F.CC(C)(C)CC1[C@H]2CCC#CCC[C@@H]12.CC1C#CCCN(C(C)(C)C)CC1C.CC1[C@H]2CCC#CCC[C@@H]12. The van der Waals surface area contributed by atoms with E-state index in [9.17, 15) is 22.0 Å². The molecule has 0 aromatic heterocycles. The van der Waals surface area contributed by atoms with Crippen LogP contribution >= 0.6 is 0 Å². The first-order valence-electron chi connectivity index (χ1n) is 37.6. The van der Waals surface area contributed by atoms with Crippen LogP contribution in [0.1, 0.15) is 339 Å². The van der Waals surface area contributed by atoms with Crippen LogP contribution in [0.2, 0.25) is 0 Å². The van der Waals surface area contributed by atoms with E-state index in [-0.39, 0.29) is 28.2 Å². The molecule has 1 heterocycles. The summed E-state index contributed by atoms with van der Waals surface area (Å²) in [5, 5.41) is 0. The largest absolute Gasteiger partial charge is 0.311 e. The van der Waals surface area contributed by atoms with Gasteiger partial charge in [-0.25, -0.2) is 4.39 Å². The van der Waals surface area contributed by atoms with Crippen molar-refractivity contribution in [1.29, 1.82) is 0 Å². The number of halogens is 5. The molecule has 528 valence electrons. The van der Waals surface area contributed by atoms with Crippen molar-refractivity contribution in [2.75, 3.05) is 13.1 Å². The highest BCUT2D eigenvalue weighted by Gasteiger charge is 2.50. The van der Waals surface area contributed by atoms with E-state index in [2.05, 4.69) is 186 Å². The molecular weight excluding hydrogens is 1150 g/mol. The Hall–Kier alpha value is -3.47. The van der Waals surface area contributed by atoms with Gasteiger partial charge >= 0.3 is 11.8 Å². The smallest absolute Gasteiger partial charge is 0.297 e. The predicted octanol–water partition coefficient (Wildman–Crippen LogP) is 25.1. The standard InChI is InChI=1S/C14H22.C13H23N.2C12H18F2.C12H19F.C12H20.C10H14.C2H6/c1-14(2,3)10-13-11-8-6-4-5-7-9-12(11)13;1-11-8-6-7-9-14(10-12(11)2)13(3,4)5;1-11(2,3)10-6-4-5-8-12(13,14)9-7-10;1-11(2,3)10-8-6-4-5-7-9-12(10,13)14;1-11(2,3)12(13)9-7-5-4-6-8-10-12;1-12(2,3)11-9-7-5-4-6-8-10-11;1-8-9-6-4-2-3-5-7-10(8)9;1-2/h11-13H,6-10H2,1-3H3;11-12H,7,9-10H2,1-5H3;10H,4,6-7,9H2,1-3H3;10H,4-6,8H2,1-3H3;4-7,9H2,1-3H3;11H,5,7-10H2,1-3H3;8-10H,4-7H2,1H3;1-2H3/t11-,12+,13?;;;;;;8?,9-,10+;. The lowest BCUT2D eigenvalue weighted by Crippen LogP contribution is -2.45. The maximum absolute atomic E-state index is 14.3. The first kappa shape index (κ1) is 85.6. The van der Waals surface area contributed by atoms with Gasteiger partial charge in [0.15, 0.2) is 5.67 Å². The number of fused-ring (bicyclic) bond motifs is 2. The van der Waals surface area contributed by atoms with Crippen molar-refractivity contribution < 1.29 is 22.0 Å². The second-order valence-electron chi connectivity index (χ2n) is 35.3. The number of hydrogen-bond donors (Lipinski definition) is 0. The van der Waals surface area contributed by atoms with Crippen LogP contribution in [0.15, 0.2) is 0 Å². The molecule has 6 heteroatoms. The number of hydrogen-bond acceptors (Lipinski definition) is 1. The van der Waals surface area contributed by atoms with Gasteiger partial charge in [0.05, 0.1) is 0 Å². The second-order valence-corrected chi connectivity index (χ2v) is 35.3. The monoisotopic (exact) mass is 1290 g/mol. The molecule has 9 aliphatic rings. The summed E-state index contributed by atoms with van der Waals surface area (Å²) in [6.45, 7) is 52.0. The lowest BCUT2D eigenvalue weighted by atomic mass is 9.73. The van der Waals surface area contributed by atoms with Crippen molar-refractivity contribution in [3.8, 4) is 82.9 Å². The van der Waals surface area contributed by atoms with Crippen molar-refractivity contribution in [3.05, 3.63) is 0 Å². The molecule has 0 spiro atoms. The summed E-state index contributed by atoms with van der Waals surface area (Å²) < 4.78 is 67.7. The zero-order valence-corrected chi connectivity index (χ0v) is 64.4. The fourth-order valence-corrected chi connectivity index (χ4v) is 14.4. The third kappa shape index (κ3) is 34.0. The van der Waals surface area contributed by atoms with E-state index in [4.69, 9.17) is 0 Å². The van der Waals surface area contributed by atoms with Gasteiger partial charge in [0, 0.05) is 107 Å². The quantitative estimate of drug-likeness (QED) is 0.187. The number of alkyl halides is 5. The molecule has 2 fully saturated rings. The minimum atomic E-state index is -2.81. The molecule has 0 radical (unpaired) electrons. The van der Waals surface area contributed by atoms with Crippen molar-refractivity contribution in [2.24, 2.45) is 92.2 Å². The lowest BCUT2D eigenvalue weighted by molar-refractivity contribution is -0.0529. The molecule has 0 bridgehead atoms. The Bertz CT molecular complexity index is 2590. The predicted molar refractivity (Wildman–Crippen MR) is 393 cm³/mol. The maximum Gasteiger partial charge on any atom is 0.311 e. The van der Waals surface area contributed by atoms with E-state index < -0.39 is 23.4 Å². The Morgan fingerprint density at radius 1 is 0.409 bits per heavy atom. The molecule has 1 nitrogen and oxygen atoms in total. The molecule has 0 saturated heterocycles. The Morgan fingerprint density at radius 3 is 1.35 bits per heavy atom. The first-order valence-corrected chi connectivity index (χ1v) is 37.6. The van der Waals surface area contributed by atoms with E-state index in [1.54, 1.807) is 0 Å². The average molecular weight is 1300 g/mol. The van der Waals surface area contributed by atoms with Crippen LogP contribution in [-0.4, -0.2) is 41.0 Å². The van der Waals surface area contributed by atoms with Crippen molar-refractivity contribution in [1.82, 2.24) is 4.90 Å². The molecule has 1 aliphatic heterocycles. The van der Waals surface area contributed by atoms with Crippen LogP contribution in [0.3, 0.4) is 0 Å². The summed E-state index contributed by atoms with van der Waals surface area (Å²) in [5.41, 5.74) is -0.575. The second kappa shape index (κ2) is 39.8. The Balaban J connectivity index is 0.000000368. The van der Waals surface area contributed by atoms with Gasteiger partial charge in [0.25, 0.3) is 0 Å². The van der Waals surface area contributed by atoms with Crippen molar-refractivity contribution in [2.45, 2.75) is 362 Å². The Morgan fingerprint density at radius 2 is 0.860 bits per heavy atom. The minimum absolute atomic E-state index is 0.0814. The third-order valence-electron chi connectivity index (χ3n) is 21.2. The number of rotatable bonds is 1. The van der Waals surface area contributed by atoms with E-state index in [1.807, 2.05) is 61.3 Å². The third-order valence-corrected chi connectivity index (χ3v) is 21.2. The molecule has 0 aromatic carbocycles. The van der Waals surface area contributed by atoms with Crippen molar-refractivity contribution >= 4 is 0 Å². The zero-order valence-electron chi connectivity index (χ0n) is 64.4. The lowest BCUT2D eigenvalue weighted by Gasteiger charge is -2.38. The topological polar surface area (TPSA) is 3.24 Å². The van der Waals surface area contributed by atoms with E-state index in [0.29, 0.717) is 60.7 Å². The summed E-state index contributed by atoms with van der Waals surface area (Å²) in [4.78, 5) is 2.56. The van der Waals surface area contributed by atoms with Gasteiger partial charge in [-0.05, 0) is 204 Å². The molecule has 0 N–H and O–H groups in total. The minimum Gasteiger partial charge on any atom is -0.297 e. The fraction of sp³-hybridized carbons (Fsp3) is 0.839. The van der Waals surface area contributed by atoms with Crippen molar-refractivity contribution in [3.63, 3.8) is 0 Å². The highest BCUT2D eigenvalue weighted by atomic mass is 19.3. The van der Waals surface area contributed by atoms with Crippen LogP contribution in [0.4, 0.5) is 22.0 Å². The normalized spacial score (nSPS) is 30.3. The summed E-state index contributed by atoms with van der Waals surface area (Å²) in [6.07, 6.45) is 28.6. The molecule has 2 saturated carbocycles. The van der Waals surface area contributed by atoms with Crippen LogP contribution in [0, 0.1) is 175 Å². The summed E-state index contributed by atoms with van der Waals surface area (Å²) >= 11 is 0. The van der Waals surface area contributed by atoms with Gasteiger partial charge in [-0.1, -0.05) is 181 Å². The van der Waals surface area contributed by atoms with Crippen LogP contribution in [0.25, 0.3) is 0 Å². The molecule has 8 unspecified atom stereocenters. The summed E-state index contributed by atoms with van der Waals surface area (Å²) in [5.74, 6) is 43.7. The molecule has 93 heavy (non-hydrogen) atoms. The highest BCUT2D eigenvalue weighted by Crippen LogP contribution is 2.57. The van der Waals surface area contributed by atoms with Gasteiger partial charge in [0.1, 0.15) is 0 Å². The van der Waals surface area contributed by atoms with Gasteiger partial charge in [-0.2, -0.15) is 17.6 Å². The van der Waals surface area contributed by atoms with Gasteiger partial charge in [-0.3, -0.25) is 4.90 Å². The van der Waals surface area contributed by atoms with E-state index in [0.717, 1.165) is 138 Å².